The number of aryl methyl sites for hydroxylation is 1. The quantitative estimate of drug-likeness (QED) is 0.526. The lowest BCUT2D eigenvalue weighted by Gasteiger charge is -2.20. The maximum Gasteiger partial charge on any atom is 0.293 e. The number of rotatable bonds is 3. The van der Waals surface area contributed by atoms with Crippen LogP contribution in [0.15, 0.2) is 24.3 Å². The minimum Gasteiger partial charge on any atom is -0.376 e. The third-order valence-electron chi connectivity index (χ3n) is 3.44. The van der Waals surface area contributed by atoms with Crippen molar-refractivity contribution in [1.29, 1.82) is 0 Å². The summed E-state index contributed by atoms with van der Waals surface area (Å²) in [5, 5.41) is 15.5. The normalized spacial score (nSPS) is 18.4. The molecule has 2 aromatic rings. The number of thiazole rings is 1. The monoisotopic (exact) mass is 289 g/mol. The molecule has 0 radical (unpaired) electrons. The Morgan fingerprint density at radius 2 is 2.30 bits per heavy atom. The summed E-state index contributed by atoms with van der Waals surface area (Å²) in [5.74, 6) is 0. The van der Waals surface area contributed by atoms with Gasteiger partial charge in [0.2, 0.25) is 0 Å². The number of allylic oxidation sites excluding steroid dienone is 1. The van der Waals surface area contributed by atoms with Gasteiger partial charge in [-0.25, -0.2) is 4.98 Å². The standard InChI is InChI=1S/C14H15N3O2S/c1-9-15-12-7-11(16-10-5-3-2-4-6-10)13(17(18)19)8-14(12)20-9/h2-3,7-8,10,16H,4-6H2,1H3. The number of hydrogen-bond acceptors (Lipinski definition) is 5. The fourth-order valence-electron chi connectivity index (χ4n) is 2.49. The molecule has 0 aliphatic heterocycles. The molecule has 1 heterocycles. The number of fused-ring (bicyclic) bond motifs is 1. The van der Waals surface area contributed by atoms with Gasteiger partial charge >= 0.3 is 0 Å². The number of nitrogens with one attached hydrogen (secondary N) is 1. The summed E-state index contributed by atoms with van der Waals surface area (Å²) in [7, 11) is 0. The van der Waals surface area contributed by atoms with Gasteiger partial charge in [-0.1, -0.05) is 12.2 Å². The summed E-state index contributed by atoms with van der Waals surface area (Å²) in [6.07, 6.45) is 7.20. The number of aromatic nitrogens is 1. The summed E-state index contributed by atoms with van der Waals surface area (Å²) in [6, 6.07) is 3.69. The van der Waals surface area contributed by atoms with Gasteiger partial charge in [0.25, 0.3) is 5.69 Å². The van der Waals surface area contributed by atoms with Crippen molar-refractivity contribution < 1.29 is 4.92 Å². The minimum absolute atomic E-state index is 0.135. The van der Waals surface area contributed by atoms with E-state index >= 15 is 0 Å². The molecule has 0 fully saturated rings. The van der Waals surface area contributed by atoms with E-state index in [9.17, 15) is 10.1 Å². The zero-order valence-corrected chi connectivity index (χ0v) is 11.9. The first-order valence-electron chi connectivity index (χ1n) is 6.60. The molecular formula is C14H15N3O2S. The first-order valence-corrected chi connectivity index (χ1v) is 7.42. The summed E-state index contributed by atoms with van der Waals surface area (Å²) in [6.45, 7) is 1.91. The van der Waals surface area contributed by atoms with Crippen molar-refractivity contribution in [2.75, 3.05) is 5.32 Å². The fourth-order valence-corrected chi connectivity index (χ4v) is 3.33. The van der Waals surface area contributed by atoms with Crippen molar-refractivity contribution in [3.63, 3.8) is 0 Å². The molecular weight excluding hydrogens is 274 g/mol. The third-order valence-corrected chi connectivity index (χ3v) is 4.37. The van der Waals surface area contributed by atoms with E-state index in [1.807, 2.05) is 6.92 Å². The van der Waals surface area contributed by atoms with Crippen molar-refractivity contribution in [3.05, 3.63) is 39.4 Å². The summed E-state index contributed by atoms with van der Waals surface area (Å²) in [5.41, 5.74) is 1.54. The van der Waals surface area contributed by atoms with E-state index in [1.165, 1.54) is 11.3 Å². The number of nitro groups is 1. The Labute approximate surface area is 120 Å². The minimum atomic E-state index is -0.324. The van der Waals surface area contributed by atoms with Crippen LogP contribution in [0.5, 0.6) is 0 Å². The molecule has 1 unspecified atom stereocenters. The van der Waals surface area contributed by atoms with Crippen LogP contribution in [0.4, 0.5) is 11.4 Å². The zero-order chi connectivity index (χ0) is 14.1. The van der Waals surface area contributed by atoms with Crippen LogP contribution < -0.4 is 5.32 Å². The molecule has 1 atom stereocenters. The van der Waals surface area contributed by atoms with Crippen molar-refractivity contribution in [2.45, 2.75) is 32.2 Å². The van der Waals surface area contributed by atoms with Crippen LogP contribution in [0.2, 0.25) is 0 Å². The van der Waals surface area contributed by atoms with Gasteiger partial charge in [0, 0.05) is 12.1 Å². The highest BCUT2D eigenvalue weighted by Crippen LogP contribution is 2.34. The van der Waals surface area contributed by atoms with Gasteiger partial charge in [0.05, 0.1) is 20.1 Å². The van der Waals surface area contributed by atoms with Crippen molar-refractivity contribution in [2.24, 2.45) is 0 Å². The van der Waals surface area contributed by atoms with Crippen LogP contribution in [0.25, 0.3) is 10.2 Å². The summed E-state index contributed by atoms with van der Waals surface area (Å²) >= 11 is 1.48. The average molecular weight is 289 g/mol. The van der Waals surface area contributed by atoms with E-state index in [2.05, 4.69) is 22.5 Å². The fraction of sp³-hybridized carbons (Fsp3) is 0.357. The lowest BCUT2D eigenvalue weighted by Crippen LogP contribution is -2.20. The molecule has 1 aliphatic carbocycles. The van der Waals surface area contributed by atoms with Gasteiger partial charge < -0.3 is 5.32 Å². The van der Waals surface area contributed by atoms with Crippen LogP contribution in [-0.4, -0.2) is 15.9 Å². The molecule has 0 bridgehead atoms. The predicted octanol–water partition coefficient (Wildman–Crippen LogP) is 4.03. The van der Waals surface area contributed by atoms with E-state index in [-0.39, 0.29) is 16.7 Å². The van der Waals surface area contributed by atoms with Crippen molar-refractivity contribution in [3.8, 4) is 0 Å². The van der Waals surface area contributed by atoms with Gasteiger partial charge in [-0.15, -0.1) is 11.3 Å². The second-order valence-electron chi connectivity index (χ2n) is 4.95. The second kappa shape index (κ2) is 5.20. The topological polar surface area (TPSA) is 68.1 Å². The molecule has 0 amide bonds. The number of anilines is 1. The molecule has 1 N–H and O–H groups in total. The molecule has 0 spiro atoms. The van der Waals surface area contributed by atoms with Crippen LogP contribution in [0.1, 0.15) is 24.3 Å². The third kappa shape index (κ3) is 2.51. The van der Waals surface area contributed by atoms with Gasteiger partial charge in [-0.05, 0) is 32.3 Å². The van der Waals surface area contributed by atoms with Gasteiger partial charge in [0.15, 0.2) is 0 Å². The van der Waals surface area contributed by atoms with Crippen LogP contribution in [0, 0.1) is 17.0 Å². The lowest BCUT2D eigenvalue weighted by atomic mass is 10.0. The Balaban J connectivity index is 2.00. The Morgan fingerprint density at radius 1 is 1.45 bits per heavy atom. The molecule has 5 nitrogen and oxygen atoms in total. The van der Waals surface area contributed by atoms with Gasteiger partial charge in [-0.2, -0.15) is 0 Å². The van der Waals surface area contributed by atoms with Crippen LogP contribution in [-0.2, 0) is 0 Å². The molecule has 0 saturated heterocycles. The Morgan fingerprint density at radius 3 is 3.00 bits per heavy atom. The molecule has 1 aromatic heterocycles. The maximum atomic E-state index is 11.2. The van der Waals surface area contributed by atoms with Gasteiger partial charge in [0.1, 0.15) is 5.69 Å². The average Bonchev–Trinajstić information content (AvgIpc) is 2.78. The largest absolute Gasteiger partial charge is 0.376 e. The Bertz CT molecular complexity index is 693. The summed E-state index contributed by atoms with van der Waals surface area (Å²) in [4.78, 5) is 15.3. The predicted molar refractivity (Wildman–Crippen MR) is 81.4 cm³/mol. The first kappa shape index (κ1) is 13.1. The molecule has 3 rings (SSSR count). The number of benzene rings is 1. The van der Waals surface area contributed by atoms with E-state index in [1.54, 1.807) is 12.1 Å². The lowest BCUT2D eigenvalue weighted by molar-refractivity contribution is -0.383. The zero-order valence-electron chi connectivity index (χ0n) is 11.1. The maximum absolute atomic E-state index is 11.2. The molecule has 1 aliphatic rings. The molecule has 0 saturated carbocycles. The second-order valence-corrected chi connectivity index (χ2v) is 6.19. The molecule has 20 heavy (non-hydrogen) atoms. The highest BCUT2D eigenvalue weighted by molar-refractivity contribution is 7.18. The Hall–Kier alpha value is -1.95. The van der Waals surface area contributed by atoms with E-state index in [4.69, 9.17) is 0 Å². The highest BCUT2D eigenvalue weighted by Gasteiger charge is 2.20. The van der Waals surface area contributed by atoms with E-state index in [0.717, 1.165) is 34.5 Å². The van der Waals surface area contributed by atoms with Gasteiger partial charge in [-0.3, -0.25) is 10.1 Å². The van der Waals surface area contributed by atoms with E-state index < -0.39 is 0 Å². The van der Waals surface area contributed by atoms with Crippen molar-refractivity contribution in [1.82, 2.24) is 4.98 Å². The van der Waals surface area contributed by atoms with Crippen LogP contribution >= 0.6 is 11.3 Å². The van der Waals surface area contributed by atoms with Crippen molar-refractivity contribution >= 4 is 32.9 Å². The van der Waals surface area contributed by atoms with Crippen LogP contribution in [0.3, 0.4) is 0 Å². The summed E-state index contributed by atoms with van der Waals surface area (Å²) < 4.78 is 0.864. The number of nitrogens with zero attached hydrogens (tertiary/aromatic N) is 2. The molecule has 1 aromatic carbocycles. The first-order chi connectivity index (χ1) is 9.63. The number of hydrogen-bond donors (Lipinski definition) is 1. The smallest absolute Gasteiger partial charge is 0.293 e. The Kier molecular flexibility index (Phi) is 3.40. The SMILES string of the molecule is Cc1nc2cc(NC3CC=CCC3)c([N+](=O)[O-])cc2s1. The van der Waals surface area contributed by atoms with E-state index in [0.29, 0.717) is 5.69 Å². The number of nitro benzene ring substituents is 1. The molecule has 6 heteroatoms. The highest BCUT2D eigenvalue weighted by atomic mass is 32.1. The molecule has 104 valence electrons.